The zero-order chi connectivity index (χ0) is 37.3. The van der Waals surface area contributed by atoms with Crippen LogP contribution in [-0.2, 0) is 19.2 Å². The smallest absolute Gasteiger partial charge is 0.334 e. The number of ether oxygens (including phenoxy) is 2. The van der Waals surface area contributed by atoms with Crippen LogP contribution in [-0.4, -0.2) is 76.8 Å². The highest BCUT2D eigenvalue weighted by atomic mass is 16.5. The number of rotatable bonds is 21. The van der Waals surface area contributed by atoms with E-state index >= 15 is 0 Å². The number of carbonyl (C=O) groups is 6. The first-order valence-electron chi connectivity index (χ1n) is 16.7. The van der Waals surface area contributed by atoms with Gasteiger partial charge in [0, 0.05) is 5.56 Å². The molecule has 4 amide bonds. The number of carboxylic acids is 1. The number of esters is 1. The Morgan fingerprint density at radius 1 is 0.941 bits per heavy atom. The molecule has 0 aliphatic heterocycles. The van der Waals surface area contributed by atoms with Gasteiger partial charge in [0.05, 0.1) is 37.2 Å². The molecule has 15 heteroatoms. The molecule has 3 atom stereocenters. The van der Waals surface area contributed by atoms with Gasteiger partial charge in [0.25, 0.3) is 11.8 Å². The standard InChI is InChI=1S/C36H44N4O11/c1-4-7-9-14-25(28(5-2)40(48)22-41)33(44)37-21-38-35(46)30-18-17-29(51-30)23-15-16-26(31(19-23)49-6-3)34(45)39-27(20-32(42)43)36(47)50-24-12-10-8-11-13-24/h8,10-13,15-19,22,25,27-28,48H,4-7,9,14,20-21H2,1-3H3,(H,37,44)(H,38,46)(H,39,45)(H,42,43)/t25?,27?,28-/m1/s1. The molecule has 3 rings (SSSR count). The molecule has 0 aliphatic rings. The number of nitrogens with zero attached hydrogens (tertiary/aromatic N) is 1. The fourth-order valence-corrected chi connectivity index (χ4v) is 5.31. The van der Waals surface area contributed by atoms with E-state index in [1.54, 1.807) is 32.0 Å². The van der Waals surface area contributed by atoms with Crippen molar-refractivity contribution < 1.29 is 53.0 Å². The maximum atomic E-state index is 13.3. The summed E-state index contributed by atoms with van der Waals surface area (Å²) < 4.78 is 16.7. The number of hydroxylamine groups is 2. The first-order valence-corrected chi connectivity index (χ1v) is 16.7. The van der Waals surface area contributed by atoms with Gasteiger partial charge in [-0.25, -0.2) is 9.86 Å². The van der Waals surface area contributed by atoms with Gasteiger partial charge in [0.2, 0.25) is 12.3 Å². The normalized spacial score (nSPS) is 12.5. The number of furan rings is 1. The van der Waals surface area contributed by atoms with Gasteiger partial charge in [-0.05, 0) is 56.2 Å². The lowest BCUT2D eigenvalue weighted by molar-refractivity contribution is -0.168. The lowest BCUT2D eigenvalue weighted by Gasteiger charge is -2.29. The molecule has 3 aromatic rings. The van der Waals surface area contributed by atoms with Crippen LogP contribution in [0.4, 0.5) is 0 Å². The predicted molar refractivity (Wildman–Crippen MR) is 183 cm³/mol. The Morgan fingerprint density at radius 2 is 1.69 bits per heavy atom. The first kappa shape index (κ1) is 39.7. The minimum Gasteiger partial charge on any atom is -0.493 e. The molecule has 274 valence electrons. The molecule has 0 bridgehead atoms. The lowest BCUT2D eigenvalue weighted by atomic mass is 9.90. The van der Waals surface area contributed by atoms with Crippen molar-refractivity contribution in [3.63, 3.8) is 0 Å². The van der Waals surface area contributed by atoms with Crippen molar-refractivity contribution in [3.8, 4) is 22.8 Å². The number of nitrogens with one attached hydrogen (secondary N) is 3. The van der Waals surface area contributed by atoms with Gasteiger partial charge in [-0.2, -0.15) is 0 Å². The minimum absolute atomic E-state index is 0.0135. The minimum atomic E-state index is -1.50. The zero-order valence-electron chi connectivity index (χ0n) is 28.8. The SMILES string of the molecule is CCCCCC(C(=O)NCNC(=O)c1ccc(-c2ccc(C(=O)NC(CC(=O)O)C(=O)Oc3ccccc3)c(OCC)c2)o1)[C@@H](CC)N(O)C=O. The third kappa shape index (κ3) is 11.7. The fourth-order valence-electron chi connectivity index (χ4n) is 5.31. The van der Waals surface area contributed by atoms with Gasteiger partial charge >= 0.3 is 11.9 Å². The van der Waals surface area contributed by atoms with Crippen molar-refractivity contribution in [2.45, 2.75) is 71.4 Å². The molecule has 0 spiro atoms. The molecule has 15 nitrogen and oxygen atoms in total. The number of unbranched alkanes of at least 4 members (excludes halogenated alkanes) is 2. The molecule has 0 saturated heterocycles. The average Bonchev–Trinajstić information content (AvgIpc) is 3.62. The number of carboxylic acid groups (broad SMARTS) is 1. The first-order chi connectivity index (χ1) is 24.5. The highest BCUT2D eigenvalue weighted by Crippen LogP contribution is 2.29. The topological polar surface area (TPSA) is 214 Å². The number of aliphatic carboxylic acids is 1. The van der Waals surface area contributed by atoms with Crippen molar-refractivity contribution in [2.75, 3.05) is 13.3 Å². The number of carbonyl (C=O) groups excluding carboxylic acids is 5. The molecule has 1 aromatic heterocycles. The molecule has 2 unspecified atom stereocenters. The third-order valence-electron chi connectivity index (χ3n) is 7.87. The molecule has 1 heterocycles. The molecule has 0 aliphatic carbocycles. The molecular weight excluding hydrogens is 664 g/mol. The molecular formula is C36H44N4O11. The van der Waals surface area contributed by atoms with Crippen LogP contribution in [0.15, 0.2) is 65.1 Å². The van der Waals surface area contributed by atoms with Gasteiger partial charge in [0.15, 0.2) is 5.76 Å². The molecule has 0 fully saturated rings. The average molecular weight is 709 g/mol. The van der Waals surface area contributed by atoms with Gasteiger partial charge in [0.1, 0.15) is 23.3 Å². The van der Waals surface area contributed by atoms with Gasteiger partial charge in [-0.3, -0.25) is 29.2 Å². The maximum Gasteiger partial charge on any atom is 0.334 e. The Morgan fingerprint density at radius 3 is 2.33 bits per heavy atom. The van der Waals surface area contributed by atoms with Crippen molar-refractivity contribution >= 4 is 36.1 Å². The van der Waals surface area contributed by atoms with E-state index in [-0.39, 0.29) is 48.3 Å². The summed E-state index contributed by atoms with van der Waals surface area (Å²) in [5, 5.41) is 27.5. The Hall–Kier alpha value is -5.70. The van der Waals surface area contributed by atoms with Crippen LogP contribution in [0.2, 0.25) is 0 Å². The van der Waals surface area contributed by atoms with Crippen LogP contribution in [0.3, 0.4) is 0 Å². The summed E-state index contributed by atoms with van der Waals surface area (Å²) in [6.45, 7) is 5.41. The second-order valence-electron chi connectivity index (χ2n) is 11.5. The van der Waals surface area contributed by atoms with Crippen LogP contribution in [0.5, 0.6) is 11.5 Å². The second-order valence-corrected chi connectivity index (χ2v) is 11.5. The highest BCUT2D eigenvalue weighted by Gasteiger charge is 2.31. The van der Waals surface area contributed by atoms with Crippen LogP contribution < -0.4 is 25.4 Å². The Kier molecular flexibility index (Phi) is 15.7. The number of amides is 4. The number of para-hydroxylation sites is 1. The van der Waals surface area contributed by atoms with Crippen molar-refractivity contribution in [2.24, 2.45) is 5.92 Å². The number of hydrogen-bond donors (Lipinski definition) is 5. The quantitative estimate of drug-likeness (QED) is 0.0202. The van der Waals surface area contributed by atoms with Crippen LogP contribution in [0.1, 0.15) is 80.2 Å². The molecule has 0 saturated carbocycles. The maximum absolute atomic E-state index is 13.3. The van der Waals surface area contributed by atoms with E-state index in [9.17, 15) is 39.1 Å². The Bertz CT molecular complexity index is 1640. The largest absolute Gasteiger partial charge is 0.493 e. The monoisotopic (exact) mass is 708 g/mol. The molecule has 51 heavy (non-hydrogen) atoms. The summed E-state index contributed by atoms with van der Waals surface area (Å²) in [5.41, 5.74) is 0.455. The van der Waals surface area contributed by atoms with Crippen LogP contribution >= 0.6 is 0 Å². The molecule has 2 aromatic carbocycles. The lowest BCUT2D eigenvalue weighted by Crippen LogP contribution is -2.47. The summed E-state index contributed by atoms with van der Waals surface area (Å²) in [6.07, 6.45) is 2.89. The van der Waals surface area contributed by atoms with E-state index in [2.05, 4.69) is 16.0 Å². The van der Waals surface area contributed by atoms with E-state index in [1.165, 1.54) is 42.5 Å². The molecule has 0 radical (unpaired) electrons. The summed E-state index contributed by atoms with van der Waals surface area (Å²) >= 11 is 0. The Balaban J connectivity index is 1.69. The van der Waals surface area contributed by atoms with Crippen LogP contribution in [0, 0.1) is 5.92 Å². The summed E-state index contributed by atoms with van der Waals surface area (Å²) in [4.78, 5) is 74.5. The van der Waals surface area contributed by atoms with E-state index in [1.807, 2.05) is 6.92 Å². The van der Waals surface area contributed by atoms with E-state index < -0.39 is 54.1 Å². The zero-order valence-corrected chi connectivity index (χ0v) is 28.8. The highest BCUT2D eigenvalue weighted by molar-refractivity contribution is 6.00. The summed E-state index contributed by atoms with van der Waals surface area (Å²) in [7, 11) is 0. The van der Waals surface area contributed by atoms with Gasteiger partial charge in [-0.15, -0.1) is 0 Å². The second kappa shape index (κ2) is 20.1. The number of hydrogen-bond acceptors (Lipinski definition) is 10. The van der Waals surface area contributed by atoms with Gasteiger partial charge in [-0.1, -0.05) is 57.4 Å². The van der Waals surface area contributed by atoms with E-state index in [0.29, 0.717) is 23.5 Å². The predicted octanol–water partition coefficient (Wildman–Crippen LogP) is 4.15. The van der Waals surface area contributed by atoms with E-state index in [4.69, 9.17) is 13.9 Å². The molecule has 5 N–H and O–H groups in total. The third-order valence-corrected chi connectivity index (χ3v) is 7.87. The van der Waals surface area contributed by atoms with Crippen LogP contribution in [0.25, 0.3) is 11.3 Å². The fraction of sp³-hybridized carbons (Fsp3) is 0.389. The van der Waals surface area contributed by atoms with Gasteiger partial charge < -0.3 is 34.9 Å². The van der Waals surface area contributed by atoms with E-state index in [0.717, 1.165) is 19.3 Å². The summed E-state index contributed by atoms with van der Waals surface area (Å²) in [5.74, 6) is -4.31. The van der Waals surface area contributed by atoms with Crippen molar-refractivity contribution in [1.82, 2.24) is 21.0 Å². The summed E-state index contributed by atoms with van der Waals surface area (Å²) in [6, 6.07) is 13.2. The van der Waals surface area contributed by atoms with Crippen molar-refractivity contribution in [3.05, 3.63) is 72.0 Å². The Labute approximate surface area is 295 Å². The van der Waals surface area contributed by atoms with Crippen molar-refractivity contribution in [1.29, 1.82) is 0 Å². The number of benzene rings is 2.